The fraction of sp³-hybridized carbons (Fsp3) is 0.227. The molecule has 0 radical (unpaired) electrons. The van der Waals surface area contributed by atoms with Gasteiger partial charge in [0.2, 0.25) is 0 Å². The van der Waals surface area contributed by atoms with E-state index in [2.05, 4.69) is 10.3 Å². The summed E-state index contributed by atoms with van der Waals surface area (Å²) in [5.41, 5.74) is 6.45. The lowest BCUT2D eigenvalue weighted by molar-refractivity contribution is 0.0938. The van der Waals surface area contributed by atoms with Gasteiger partial charge >= 0.3 is 0 Å². The van der Waals surface area contributed by atoms with E-state index >= 15 is 0 Å². The largest absolute Gasteiger partial charge is 0.349 e. The van der Waals surface area contributed by atoms with Crippen LogP contribution in [0.1, 0.15) is 43.2 Å². The number of benzene rings is 1. The lowest BCUT2D eigenvalue weighted by atomic mass is 10.1. The van der Waals surface area contributed by atoms with Crippen LogP contribution >= 0.6 is 0 Å². The molecule has 1 aliphatic carbocycles. The molecule has 0 bridgehead atoms. The Labute approximate surface area is 158 Å². The molecule has 1 aliphatic rings. The van der Waals surface area contributed by atoms with Crippen molar-refractivity contribution in [3.63, 3.8) is 0 Å². The van der Waals surface area contributed by atoms with Crippen molar-refractivity contribution in [1.29, 1.82) is 0 Å². The van der Waals surface area contributed by atoms with Crippen LogP contribution in [0.4, 0.5) is 0 Å². The zero-order valence-corrected chi connectivity index (χ0v) is 15.4. The number of aldehydes is 1. The van der Waals surface area contributed by atoms with Crippen LogP contribution in [-0.2, 0) is 12.8 Å². The maximum Gasteiger partial charge on any atom is 0.251 e. The van der Waals surface area contributed by atoms with Crippen molar-refractivity contribution in [2.45, 2.75) is 32.7 Å². The highest BCUT2D eigenvalue weighted by Gasteiger charge is 2.23. The molecule has 1 unspecified atom stereocenters. The van der Waals surface area contributed by atoms with Crippen molar-refractivity contribution in [1.82, 2.24) is 14.9 Å². The summed E-state index contributed by atoms with van der Waals surface area (Å²) < 4.78 is 2.00. The average Bonchev–Trinajstić information content (AvgIpc) is 3.21. The summed E-state index contributed by atoms with van der Waals surface area (Å²) in [7, 11) is 0. The minimum atomic E-state index is -0.0827. The second kappa shape index (κ2) is 6.83. The van der Waals surface area contributed by atoms with E-state index in [4.69, 9.17) is 0 Å². The Hall–Kier alpha value is -3.21. The van der Waals surface area contributed by atoms with E-state index in [9.17, 15) is 9.59 Å². The Morgan fingerprint density at radius 1 is 1.19 bits per heavy atom. The second-order valence-corrected chi connectivity index (χ2v) is 7.05. The van der Waals surface area contributed by atoms with E-state index < -0.39 is 0 Å². The van der Waals surface area contributed by atoms with E-state index in [0.29, 0.717) is 11.1 Å². The van der Waals surface area contributed by atoms with Crippen molar-refractivity contribution in [3.8, 4) is 5.69 Å². The summed E-state index contributed by atoms with van der Waals surface area (Å²) in [6.45, 7) is 3.86. The van der Waals surface area contributed by atoms with Crippen LogP contribution in [0.3, 0.4) is 0 Å². The number of aromatic nitrogens is 2. The number of nitrogens with one attached hydrogen (secondary N) is 1. The van der Waals surface area contributed by atoms with Crippen LogP contribution in [0.15, 0.2) is 48.8 Å². The van der Waals surface area contributed by atoms with E-state index in [1.807, 2.05) is 61.0 Å². The molecule has 5 heteroatoms. The Kier molecular flexibility index (Phi) is 4.36. The predicted octanol–water partition coefficient (Wildman–Crippen LogP) is 3.20. The van der Waals surface area contributed by atoms with E-state index in [0.717, 1.165) is 36.2 Å². The third kappa shape index (κ3) is 3.16. The molecule has 0 saturated heterocycles. The molecule has 1 N–H and O–H groups in total. The number of rotatable bonds is 4. The zero-order chi connectivity index (χ0) is 19.0. The van der Waals surface area contributed by atoms with Crippen molar-refractivity contribution in [2.75, 3.05) is 0 Å². The predicted molar refractivity (Wildman–Crippen MR) is 104 cm³/mol. The highest BCUT2D eigenvalue weighted by molar-refractivity contribution is 5.95. The molecule has 2 heterocycles. The zero-order valence-electron chi connectivity index (χ0n) is 15.4. The van der Waals surface area contributed by atoms with Gasteiger partial charge in [-0.15, -0.1) is 0 Å². The van der Waals surface area contributed by atoms with Crippen LogP contribution in [-0.4, -0.2) is 27.8 Å². The summed E-state index contributed by atoms with van der Waals surface area (Å²) in [5, 5.41) is 3.13. The molecular weight excluding hydrogens is 338 g/mol. The topological polar surface area (TPSA) is 64.0 Å². The molecule has 3 aromatic rings. The fourth-order valence-corrected chi connectivity index (χ4v) is 3.90. The van der Waals surface area contributed by atoms with Crippen molar-refractivity contribution >= 4 is 12.2 Å². The summed E-state index contributed by atoms with van der Waals surface area (Å²) >= 11 is 0. The lowest BCUT2D eigenvalue weighted by Gasteiger charge is -2.14. The lowest BCUT2D eigenvalue weighted by Crippen LogP contribution is -2.35. The molecule has 1 atom stereocenters. The third-order valence-electron chi connectivity index (χ3n) is 5.24. The van der Waals surface area contributed by atoms with E-state index in [1.165, 1.54) is 11.1 Å². The Morgan fingerprint density at radius 2 is 2.00 bits per heavy atom. The van der Waals surface area contributed by atoms with Crippen molar-refractivity contribution in [2.24, 2.45) is 0 Å². The number of aryl methyl sites for hydroxylation is 1. The number of carbonyl (C=O) groups is 2. The number of hydrogen-bond acceptors (Lipinski definition) is 3. The van der Waals surface area contributed by atoms with Gasteiger partial charge in [-0.2, -0.15) is 0 Å². The molecule has 0 fully saturated rings. The molecule has 5 nitrogen and oxygen atoms in total. The van der Waals surface area contributed by atoms with Crippen LogP contribution in [0.2, 0.25) is 0 Å². The van der Waals surface area contributed by atoms with Gasteiger partial charge in [-0.3, -0.25) is 14.6 Å². The number of nitrogens with zero attached hydrogens (tertiary/aromatic N) is 2. The fourth-order valence-electron chi connectivity index (χ4n) is 3.90. The molecule has 2 aromatic heterocycles. The molecule has 27 heavy (non-hydrogen) atoms. The van der Waals surface area contributed by atoms with Gasteiger partial charge in [-0.1, -0.05) is 6.07 Å². The smallest absolute Gasteiger partial charge is 0.251 e. The minimum Gasteiger partial charge on any atom is -0.349 e. The van der Waals surface area contributed by atoms with Crippen molar-refractivity contribution in [3.05, 3.63) is 82.4 Å². The monoisotopic (exact) mass is 359 g/mol. The number of hydrogen-bond donors (Lipinski definition) is 1. The molecule has 136 valence electrons. The number of amides is 1. The highest BCUT2D eigenvalue weighted by Crippen LogP contribution is 2.23. The average molecular weight is 359 g/mol. The SMILES string of the molecule is Cc1cc(C=O)c(C)n1-c1cccc(C(=O)NC2Cc3ccncc3C2)c1. The van der Waals surface area contributed by atoms with Gasteiger partial charge in [0.15, 0.2) is 6.29 Å². The summed E-state index contributed by atoms with van der Waals surface area (Å²) in [6, 6.07) is 11.5. The first-order chi connectivity index (χ1) is 13.1. The highest BCUT2D eigenvalue weighted by atomic mass is 16.1. The molecule has 1 amide bonds. The normalized spacial score (nSPS) is 15.4. The maximum absolute atomic E-state index is 12.8. The molecule has 0 spiro atoms. The number of fused-ring (bicyclic) bond motifs is 1. The standard InChI is InChI=1S/C22H21N3O2/c1-14-8-19(13-26)15(2)25(14)21-5-3-4-17(11-21)22(27)24-20-9-16-6-7-23-12-18(16)10-20/h3-8,11-13,20H,9-10H2,1-2H3,(H,24,27). The molecule has 0 saturated carbocycles. The summed E-state index contributed by atoms with van der Waals surface area (Å²) in [4.78, 5) is 28.1. The van der Waals surface area contributed by atoms with Gasteiger partial charge in [-0.25, -0.2) is 0 Å². The van der Waals surface area contributed by atoms with Crippen LogP contribution < -0.4 is 5.32 Å². The summed E-state index contributed by atoms with van der Waals surface area (Å²) in [5.74, 6) is -0.0827. The third-order valence-corrected chi connectivity index (χ3v) is 5.24. The first-order valence-electron chi connectivity index (χ1n) is 9.04. The molecule has 1 aromatic carbocycles. The molecular formula is C22H21N3O2. The molecule has 0 aliphatic heterocycles. The second-order valence-electron chi connectivity index (χ2n) is 7.05. The van der Waals surface area contributed by atoms with Gasteiger partial charge < -0.3 is 9.88 Å². The van der Waals surface area contributed by atoms with Crippen LogP contribution in [0.5, 0.6) is 0 Å². The number of carbonyl (C=O) groups excluding carboxylic acids is 2. The van der Waals surface area contributed by atoms with E-state index in [1.54, 1.807) is 6.20 Å². The first kappa shape index (κ1) is 17.2. The van der Waals surface area contributed by atoms with Gasteiger partial charge in [0.1, 0.15) is 0 Å². The van der Waals surface area contributed by atoms with Crippen molar-refractivity contribution < 1.29 is 9.59 Å². The quantitative estimate of drug-likeness (QED) is 0.728. The maximum atomic E-state index is 12.8. The Balaban J connectivity index is 1.56. The summed E-state index contributed by atoms with van der Waals surface area (Å²) in [6.07, 6.45) is 6.18. The van der Waals surface area contributed by atoms with Gasteiger partial charge in [0.25, 0.3) is 5.91 Å². The van der Waals surface area contributed by atoms with Gasteiger partial charge in [-0.05, 0) is 68.1 Å². The Bertz CT molecular complexity index is 1010. The van der Waals surface area contributed by atoms with Gasteiger partial charge in [0, 0.05) is 46.6 Å². The number of pyridine rings is 1. The first-order valence-corrected chi connectivity index (χ1v) is 9.04. The van der Waals surface area contributed by atoms with E-state index in [-0.39, 0.29) is 11.9 Å². The van der Waals surface area contributed by atoms with Crippen LogP contribution in [0, 0.1) is 13.8 Å². The molecule has 4 rings (SSSR count). The van der Waals surface area contributed by atoms with Crippen LogP contribution in [0.25, 0.3) is 5.69 Å². The Morgan fingerprint density at radius 3 is 2.74 bits per heavy atom. The van der Waals surface area contributed by atoms with Gasteiger partial charge in [0.05, 0.1) is 0 Å². The minimum absolute atomic E-state index is 0.0827.